The molecule has 0 aliphatic carbocycles. The average Bonchev–Trinajstić information content (AvgIpc) is 3.05. The van der Waals surface area contributed by atoms with E-state index in [1.807, 2.05) is 46.7 Å². The Bertz CT molecular complexity index is 918. The maximum absolute atomic E-state index is 13.1. The Morgan fingerprint density at radius 3 is 2.36 bits per heavy atom. The summed E-state index contributed by atoms with van der Waals surface area (Å²) in [5, 5.41) is 2.99. The highest BCUT2D eigenvalue weighted by molar-refractivity contribution is 5.68. The summed E-state index contributed by atoms with van der Waals surface area (Å²) in [5.41, 5.74) is 0.584. The molecule has 0 aromatic carbocycles. The van der Waals surface area contributed by atoms with Gasteiger partial charge in [0.1, 0.15) is 11.3 Å². The molecule has 1 saturated heterocycles. The number of aromatic nitrogens is 4. The second kappa shape index (κ2) is 7.33. The molecule has 3 heterocycles. The van der Waals surface area contributed by atoms with Crippen LogP contribution in [0.15, 0.2) is 4.79 Å². The molecule has 10 heteroatoms. The van der Waals surface area contributed by atoms with Crippen molar-refractivity contribution in [3.63, 3.8) is 0 Å². The van der Waals surface area contributed by atoms with Gasteiger partial charge in [-0.2, -0.15) is 9.50 Å². The van der Waals surface area contributed by atoms with Gasteiger partial charge < -0.3 is 19.4 Å². The van der Waals surface area contributed by atoms with E-state index in [-0.39, 0.29) is 11.7 Å². The van der Waals surface area contributed by atoms with Gasteiger partial charge >= 0.3 is 6.09 Å². The number of hydrogen-bond donors (Lipinski definition) is 1. The summed E-state index contributed by atoms with van der Waals surface area (Å²) < 4.78 is 6.82. The van der Waals surface area contributed by atoms with E-state index < -0.39 is 5.60 Å². The standard InChI is InChI=1S/C18H29N7O3/c1-7-12-13(14(26)25-15(19-12)20-16(21-25)22(5)6)23-8-10-24(11-9-23)17(27)28-18(2,3)4/h7-11H2,1-6H3,(H,19,20,21). The molecule has 0 atom stereocenters. The van der Waals surface area contributed by atoms with E-state index in [1.54, 1.807) is 9.80 Å². The van der Waals surface area contributed by atoms with Gasteiger partial charge in [-0.3, -0.25) is 9.89 Å². The van der Waals surface area contributed by atoms with Crippen molar-refractivity contribution in [2.45, 2.75) is 39.7 Å². The van der Waals surface area contributed by atoms with Crippen LogP contribution in [-0.4, -0.2) is 76.5 Å². The number of rotatable bonds is 3. The zero-order valence-electron chi connectivity index (χ0n) is 17.4. The molecular formula is C18H29N7O3. The number of amides is 1. The van der Waals surface area contributed by atoms with Crippen LogP contribution < -0.4 is 15.4 Å². The summed E-state index contributed by atoms with van der Waals surface area (Å²) in [6.07, 6.45) is 0.301. The van der Waals surface area contributed by atoms with Crippen LogP contribution in [0.5, 0.6) is 0 Å². The topological polar surface area (TPSA) is 99.1 Å². The van der Waals surface area contributed by atoms with E-state index in [4.69, 9.17) is 4.74 Å². The van der Waals surface area contributed by atoms with Gasteiger partial charge in [-0.15, -0.1) is 0 Å². The van der Waals surface area contributed by atoms with Gasteiger partial charge in [-0.1, -0.05) is 6.92 Å². The predicted octanol–water partition coefficient (Wildman–Crippen LogP) is 1.10. The predicted molar refractivity (Wildman–Crippen MR) is 107 cm³/mol. The van der Waals surface area contributed by atoms with Crippen molar-refractivity contribution in [2.75, 3.05) is 50.1 Å². The lowest BCUT2D eigenvalue weighted by molar-refractivity contribution is 0.0240. The molecular weight excluding hydrogens is 362 g/mol. The quantitative estimate of drug-likeness (QED) is 0.836. The molecule has 0 saturated carbocycles. The van der Waals surface area contributed by atoms with Gasteiger partial charge in [-0.25, -0.2) is 9.78 Å². The number of aromatic amines is 1. The Morgan fingerprint density at radius 1 is 1.18 bits per heavy atom. The smallest absolute Gasteiger partial charge is 0.410 e. The first-order chi connectivity index (χ1) is 13.1. The van der Waals surface area contributed by atoms with E-state index in [2.05, 4.69) is 15.1 Å². The molecule has 1 aliphatic heterocycles. The number of nitrogens with one attached hydrogen (secondary N) is 1. The first-order valence-corrected chi connectivity index (χ1v) is 9.52. The Hall–Kier alpha value is -2.78. The number of H-pyrrole nitrogens is 1. The first kappa shape index (κ1) is 20.0. The highest BCUT2D eigenvalue weighted by Crippen LogP contribution is 2.19. The minimum Gasteiger partial charge on any atom is -0.444 e. The van der Waals surface area contributed by atoms with Crippen LogP contribution in [0.25, 0.3) is 5.78 Å². The Balaban J connectivity index is 1.85. The third kappa shape index (κ3) is 3.90. The van der Waals surface area contributed by atoms with Crippen molar-refractivity contribution in [2.24, 2.45) is 0 Å². The van der Waals surface area contributed by atoms with Crippen molar-refractivity contribution in [3.8, 4) is 0 Å². The van der Waals surface area contributed by atoms with E-state index >= 15 is 0 Å². The number of carbonyl (C=O) groups is 1. The fourth-order valence-corrected chi connectivity index (χ4v) is 3.14. The van der Waals surface area contributed by atoms with Crippen LogP contribution >= 0.6 is 0 Å². The van der Waals surface area contributed by atoms with Crippen LogP contribution in [-0.2, 0) is 11.2 Å². The van der Waals surface area contributed by atoms with Crippen LogP contribution in [0.2, 0.25) is 0 Å². The number of fused-ring (bicyclic) bond motifs is 1. The Kier molecular flexibility index (Phi) is 5.22. The molecule has 154 valence electrons. The molecule has 2 aromatic heterocycles. The van der Waals surface area contributed by atoms with Crippen LogP contribution in [0.3, 0.4) is 0 Å². The zero-order valence-corrected chi connectivity index (χ0v) is 17.4. The van der Waals surface area contributed by atoms with Gasteiger partial charge in [0.05, 0.1) is 5.69 Å². The number of ether oxygens (including phenoxy) is 1. The first-order valence-electron chi connectivity index (χ1n) is 9.52. The maximum Gasteiger partial charge on any atom is 0.410 e. The fourth-order valence-electron chi connectivity index (χ4n) is 3.14. The van der Waals surface area contributed by atoms with E-state index in [1.165, 1.54) is 4.52 Å². The average molecular weight is 391 g/mol. The second-order valence-electron chi connectivity index (χ2n) is 8.10. The van der Waals surface area contributed by atoms with Gasteiger partial charge in [-0.05, 0) is 27.2 Å². The van der Waals surface area contributed by atoms with Gasteiger partial charge in [0.15, 0.2) is 0 Å². The molecule has 3 rings (SSSR count). The molecule has 0 radical (unpaired) electrons. The normalized spacial score (nSPS) is 15.2. The second-order valence-corrected chi connectivity index (χ2v) is 8.10. The SMILES string of the molecule is CCc1nc2nc(N(C)C)[nH]n2c(=O)c1N1CCN(C(=O)OC(C)(C)C)CC1. The summed E-state index contributed by atoms with van der Waals surface area (Å²) >= 11 is 0. The summed E-state index contributed by atoms with van der Waals surface area (Å²) in [6.45, 7) is 9.60. The van der Waals surface area contributed by atoms with E-state index in [0.29, 0.717) is 55.7 Å². The summed E-state index contributed by atoms with van der Waals surface area (Å²) in [6, 6.07) is 0. The van der Waals surface area contributed by atoms with Crippen LogP contribution in [0.4, 0.5) is 16.4 Å². The molecule has 10 nitrogen and oxygen atoms in total. The third-order valence-corrected chi connectivity index (χ3v) is 4.54. The molecule has 2 aromatic rings. The number of piperazine rings is 1. The molecule has 1 amide bonds. The highest BCUT2D eigenvalue weighted by atomic mass is 16.6. The minimum absolute atomic E-state index is 0.173. The number of anilines is 2. The number of hydrogen-bond acceptors (Lipinski definition) is 7. The molecule has 0 spiro atoms. The zero-order chi connectivity index (χ0) is 20.6. The molecule has 0 unspecified atom stereocenters. The van der Waals surface area contributed by atoms with Crippen molar-refractivity contribution >= 4 is 23.5 Å². The van der Waals surface area contributed by atoms with Crippen molar-refractivity contribution in [3.05, 3.63) is 16.0 Å². The lowest BCUT2D eigenvalue weighted by Gasteiger charge is -2.36. The van der Waals surface area contributed by atoms with E-state index in [9.17, 15) is 9.59 Å². The van der Waals surface area contributed by atoms with Crippen LogP contribution in [0.1, 0.15) is 33.4 Å². The number of aryl methyl sites for hydroxylation is 1. The lowest BCUT2D eigenvalue weighted by Crippen LogP contribution is -2.51. The Morgan fingerprint density at radius 2 is 1.82 bits per heavy atom. The fraction of sp³-hybridized carbons (Fsp3) is 0.667. The Labute approximate surface area is 164 Å². The molecule has 1 N–H and O–H groups in total. The van der Waals surface area contributed by atoms with Crippen LogP contribution in [0, 0.1) is 0 Å². The van der Waals surface area contributed by atoms with Gasteiger partial charge in [0.2, 0.25) is 5.95 Å². The highest BCUT2D eigenvalue weighted by Gasteiger charge is 2.28. The van der Waals surface area contributed by atoms with Crippen molar-refractivity contribution in [1.82, 2.24) is 24.5 Å². The van der Waals surface area contributed by atoms with Crippen molar-refractivity contribution < 1.29 is 9.53 Å². The third-order valence-electron chi connectivity index (χ3n) is 4.54. The summed E-state index contributed by atoms with van der Waals surface area (Å²) in [5.74, 6) is 0.931. The molecule has 0 bridgehead atoms. The lowest BCUT2D eigenvalue weighted by atomic mass is 10.2. The van der Waals surface area contributed by atoms with Gasteiger partial charge in [0.25, 0.3) is 11.3 Å². The summed E-state index contributed by atoms with van der Waals surface area (Å²) in [4.78, 5) is 39.8. The summed E-state index contributed by atoms with van der Waals surface area (Å²) in [7, 11) is 3.70. The van der Waals surface area contributed by atoms with Gasteiger partial charge in [0, 0.05) is 40.3 Å². The number of carbonyl (C=O) groups excluding carboxylic acids is 1. The molecule has 1 fully saturated rings. The van der Waals surface area contributed by atoms with E-state index in [0.717, 1.165) is 0 Å². The minimum atomic E-state index is -0.526. The largest absolute Gasteiger partial charge is 0.444 e. The molecule has 1 aliphatic rings. The number of nitrogens with zero attached hydrogens (tertiary/aromatic N) is 6. The monoisotopic (exact) mass is 391 g/mol. The van der Waals surface area contributed by atoms with Crippen molar-refractivity contribution in [1.29, 1.82) is 0 Å². The molecule has 28 heavy (non-hydrogen) atoms. The maximum atomic E-state index is 13.1.